The van der Waals surface area contributed by atoms with Crippen molar-refractivity contribution >= 4 is 9.84 Å². The molecule has 90 valence electrons. The minimum Gasteiger partial charge on any atom is -0.394 e. The van der Waals surface area contributed by atoms with E-state index in [4.69, 9.17) is 0 Å². The molecule has 0 aliphatic carbocycles. The first-order valence-electron chi connectivity index (χ1n) is 5.13. The van der Waals surface area contributed by atoms with Gasteiger partial charge in [-0.05, 0) is 14.0 Å². The molecule has 1 atom stereocenters. The first-order chi connectivity index (χ1) is 6.91. The summed E-state index contributed by atoms with van der Waals surface area (Å²) in [5.41, 5.74) is -0.346. The van der Waals surface area contributed by atoms with Gasteiger partial charge in [-0.15, -0.1) is 0 Å². The molecule has 1 aliphatic heterocycles. The van der Waals surface area contributed by atoms with Crippen LogP contribution in [0.3, 0.4) is 0 Å². The second-order valence-electron chi connectivity index (χ2n) is 4.40. The zero-order valence-corrected chi connectivity index (χ0v) is 10.2. The molecule has 5 nitrogen and oxygen atoms in total. The van der Waals surface area contributed by atoms with Crippen molar-refractivity contribution in [2.75, 3.05) is 44.8 Å². The number of sulfone groups is 1. The molecule has 0 bridgehead atoms. The molecule has 0 radical (unpaired) electrons. The van der Waals surface area contributed by atoms with Crippen LogP contribution < -0.4 is 5.32 Å². The van der Waals surface area contributed by atoms with Crippen molar-refractivity contribution in [2.24, 2.45) is 0 Å². The molecule has 6 heteroatoms. The van der Waals surface area contributed by atoms with Crippen LogP contribution >= 0.6 is 0 Å². The molecule has 0 aromatic rings. The number of hydrogen-bond donors (Lipinski definition) is 2. The molecular weight excluding hydrogens is 216 g/mol. The first kappa shape index (κ1) is 12.9. The maximum atomic E-state index is 11.2. The highest BCUT2D eigenvalue weighted by atomic mass is 32.2. The smallest absolute Gasteiger partial charge is 0.152 e. The third kappa shape index (κ3) is 3.71. The van der Waals surface area contributed by atoms with Gasteiger partial charge >= 0.3 is 0 Å². The molecule has 0 amide bonds. The van der Waals surface area contributed by atoms with Gasteiger partial charge in [0.05, 0.1) is 23.7 Å². The zero-order valence-electron chi connectivity index (χ0n) is 9.36. The lowest BCUT2D eigenvalue weighted by atomic mass is 10.0. The van der Waals surface area contributed by atoms with Crippen LogP contribution in [-0.4, -0.2) is 68.8 Å². The van der Waals surface area contributed by atoms with E-state index in [1.165, 1.54) is 0 Å². The van der Waals surface area contributed by atoms with Crippen molar-refractivity contribution in [2.45, 2.75) is 12.5 Å². The maximum Gasteiger partial charge on any atom is 0.152 e. The number of aliphatic hydroxyl groups is 1. The van der Waals surface area contributed by atoms with Crippen LogP contribution in [0.5, 0.6) is 0 Å². The van der Waals surface area contributed by atoms with Gasteiger partial charge in [-0.3, -0.25) is 4.90 Å². The highest BCUT2D eigenvalue weighted by molar-refractivity contribution is 7.91. The Bertz CT molecular complexity index is 284. The topological polar surface area (TPSA) is 69.6 Å². The van der Waals surface area contributed by atoms with E-state index < -0.39 is 9.84 Å². The van der Waals surface area contributed by atoms with E-state index in [9.17, 15) is 13.5 Å². The molecule has 0 aromatic heterocycles. The Hall–Kier alpha value is -0.170. The molecule has 15 heavy (non-hydrogen) atoms. The van der Waals surface area contributed by atoms with E-state index in [-0.39, 0.29) is 23.7 Å². The van der Waals surface area contributed by atoms with Crippen LogP contribution in [0.1, 0.15) is 6.92 Å². The van der Waals surface area contributed by atoms with E-state index in [2.05, 4.69) is 10.2 Å². The van der Waals surface area contributed by atoms with Crippen LogP contribution in [0.25, 0.3) is 0 Å². The Morgan fingerprint density at radius 3 is 2.33 bits per heavy atom. The van der Waals surface area contributed by atoms with E-state index >= 15 is 0 Å². The Balaban J connectivity index is 2.48. The lowest BCUT2D eigenvalue weighted by Crippen LogP contribution is -2.55. The van der Waals surface area contributed by atoms with Crippen molar-refractivity contribution in [3.63, 3.8) is 0 Å². The number of likely N-dealkylation sites (N-methyl/N-ethyl adjacent to an activating group) is 1. The zero-order chi connectivity index (χ0) is 11.5. The molecule has 0 saturated carbocycles. The predicted octanol–water partition coefficient (Wildman–Crippen LogP) is -1.31. The van der Waals surface area contributed by atoms with Crippen molar-refractivity contribution in [3.8, 4) is 0 Å². The van der Waals surface area contributed by atoms with E-state index in [0.717, 1.165) is 0 Å². The van der Waals surface area contributed by atoms with Crippen molar-refractivity contribution in [1.29, 1.82) is 0 Å². The Kier molecular flexibility index (Phi) is 4.11. The average Bonchev–Trinajstić information content (AvgIpc) is 2.21. The number of nitrogens with zero attached hydrogens (tertiary/aromatic N) is 1. The standard InChI is InChI=1S/C9H20N2O3S/c1-9(8-12,10-2)7-11-3-5-15(13,14)6-4-11/h10,12H,3-8H2,1-2H3. The Morgan fingerprint density at radius 2 is 1.93 bits per heavy atom. The van der Waals surface area contributed by atoms with Crippen LogP contribution in [0.2, 0.25) is 0 Å². The molecule has 1 fully saturated rings. The molecule has 0 aromatic carbocycles. The molecule has 1 saturated heterocycles. The van der Waals surface area contributed by atoms with E-state index in [0.29, 0.717) is 19.6 Å². The summed E-state index contributed by atoms with van der Waals surface area (Å²) in [4.78, 5) is 2.08. The summed E-state index contributed by atoms with van der Waals surface area (Å²) >= 11 is 0. The minimum atomic E-state index is -2.81. The summed E-state index contributed by atoms with van der Waals surface area (Å²) < 4.78 is 22.4. The predicted molar refractivity (Wildman–Crippen MR) is 59.6 cm³/mol. The fourth-order valence-electron chi connectivity index (χ4n) is 1.61. The number of rotatable bonds is 4. The summed E-state index contributed by atoms with van der Waals surface area (Å²) in [6, 6.07) is 0. The third-order valence-electron chi connectivity index (χ3n) is 2.96. The second-order valence-corrected chi connectivity index (χ2v) is 6.70. The van der Waals surface area contributed by atoms with Gasteiger partial charge in [-0.25, -0.2) is 8.42 Å². The normalized spacial score (nSPS) is 26.1. The summed E-state index contributed by atoms with van der Waals surface area (Å²) in [5.74, 6) is 0.469. The largest absolute Gasteiger partial charge is 0.394 e. The fraction of sp³-hybridized carbons (Fsp3) is 1.00. The van der Waals surface area contributed by atoms with Crippen molar-refractivity contribution in [1.82, 2.24) is 10.2 Å². The van der Waals surface area contributed by atoms with E-state index in [1.54, 1.807) is 7.05 Å². The monoisotopic (exact) mass is 236 g/mol. The minimum absolute atomic E-state index is 0.0484. The molecular formula is C9H20N2O3S. The molecule has 0 spiro atoms. The number of hydrogen-bond acceptors (Lipinski definition) is 5. The van der Waals surface area contributed by atoms with Gasteiger partial charge in [0.2, 0.25) is 0 Å². The van der Waals surface area contributed by atoms with Crippen molar-refractivity contribution in [3.05, 3.63) is 0 Å². The molecule has 2 N–H and O–H groups in total. The third-order valence-corrected chi connectivity index (χ3v) is 4.57. The maximum absolute atomic E-state index is 11.2. The van der Waals surface area contributed by atoms with Crippen LogP contribution in [-0.2, 0) is 9.84 Å². The summed E-state index contributed by atoms with van der Waals surface area (Å²) in [6.07, 6.45) is 0. The van der Waals surface area contributed by atoms with Gasteiger partial charge in [0.15, 0.2) is 9.84 Å². The second kappa shape index (κ2) is 4.78. The fourth-order valence-corrected chi connectivity index (χ4v) is 2.89. The number of nitrogens with one attached hydrogen (secondary N) is 1. The Labute approximate surface area is 91.4 Å². The summed E-state index contributed by atoms with van der Waals surface area (Å²) in [7, 11) is -1.01. The summed E-state index contributed by atoms with van der Waals surface area (Å²) in [6.45, 7) is 3.79. The van der Waals surface area contributed by atoms with Gasteiger partial charge in [-0.1, -0.05) is 0 Å². The molecule has 1 aliphatic rings. The first-order valence-corrected chi connectivity index (χ1v) is 6.95. The average molecular weight is 236 g/mol. The van der Waals surface area contributed by atoms with Gasteiger partial charge in [-0.2, -0.15) is 0 Å². The van der Waals surface area contributed by atoms with Crippen molar-refractivity contribution < 1.29 is 13.5 Å². The highest BCUT2D eigenvalue weighted by Crippen LogP contribution is 2.09. The molecule has 1 unspecified atom stereocenters. The lowest BCUT2D eigenvalue weighted by Gasteiger charge is -2.35. The summed E-state index contributed by atoms with van der Waals surface area (Å²) in [5, 5.41) is 12.3. The SMILES string of the molecule is CNC(C)(CO)CN1CCS(=O)(=O)CC1. The highest BCUT2D eigenvalue weighted by Gasteiger charge is 2.28. The van der Waals surface area contributed by atoms with E-state index in [1.807, 2.05) is 6.92 Å². The van der Waals surface area contributed by atoms with Gasteiger partial charge in [0.25, 0.3) is 0 Å². The Morgan fingerprint density at radius 1 is 1.40 bits per heavy atom. The molecule has 1 rings (SSSR count). The van der Waals surface area contributed by atoms with Gasteiger partial charge in [0.1, 0.15) is 0 Å². The lowest BCUT2D eigenvalue weighted by molar-refractivity contribution is 0.130. The number of aliphatic hydroxyl groups excluding tert-OH is 1. The van der Waals surface area contributed by atoms with Crippen LogP contribution in [0.15, 0.2) is 0 Å². The quantitative estimate of drug-likeness (QED) is 0.634. The van der Waals surface area contributed by atoms with Gasteiger partial charge < -0.3 is 10.4 Å². The molecule has 1 heterocycles. The van der Waals surface area contributed by atoms with Crippen LogP contribution in [0.4, 0.5) is 0 Å². The van der Waals surface area contributed by atoms with Gasteiger partial charge in [0, 0.05) is 19.6 Å². The van der Waals surface area contributed by atoms with Crippen LogP contribution in [0, 0.1) is 0 Å².